The van der Waals surface area contributed by atoms with Crippen molar-refractivity contribution in [2.75, 3.05) is 38.3 Å². The number of imidazole rings is 1. The molecule has 0 spiro atoms. The van der Waals surface area contributed by atoms with Crippen LogP contribution in [0.5, 0.6) is 0 Å². The largest absolute Gasteiger partial charge is 0.465 e. The SMILES string of the molecule is COC(=O)c1ccc2nc(-c3ccc(C)c(N4CCOCC4)c3)[nH]c2c1. The number of nitrogens with zero attached hydrogens (tertiary/aromatic N) is 2. The molecule has 0 atom stereocenters. The number of hydrogen-bond donors (Lipinski definition) is 1. The summed E-state index contributed by atoms with van der Waals surface area (Å²) in [5, 5.41) is 0. The zero-order chi connectivity index (χ0) is 18.1. The van der Waals surface area contributed by atoms with Crippen LogP contribution >= 0.6 is 0 Å². The van der Waals surface area contributed by atoms with E-state index in [2.05, 4.69) is 40.0 Å². The summed E-state index contributed by atoms with van der Waals surface area (Å²) in [6.45, 7) is 5.42. The third-order valence-electron chi connectivity index (χ3n) is 4.74. The molecule has 6 heteroatoms. The summed E-state index contributed by atoms with van der Waals surface area (Å²) in [5.41, 5.74) is 5.61. The summed E-state index contributed by atoms with van der Waals surface area (Å²) in [6, 6.07) is 11.7. The number of carbonyl (C=O) groups is 1. The lowest BCUT2D eigenvalue weighted by molar-refractivity contribution is 0.0601. The summed E-state index contributed by atoms with van der Waals surface area (Å²) in [6.07, 6.45) is 0. The van der Waals surface area contributed by atoms with Gasteiger partial charge in [0.1, 0.15) is 5.82 Å². The maximum atomic E-state index is 11.7. The van der Waals surface area contributed by atoms with Gasteiger partial charge in [0.25, 0.3) is 0 Å². The van der Waals surface area contributed by atoms with E-state index in [4.69, 9.17) is 9.47 Å². The van der Waals surface area contributed by atoms with Crippen molar-refractivity contribution in [2.24, 2.45) is 0 Å². The van der Waals surface area contributed by atoms with Gasteiger partial charge in [0.2, 0.25) is 0 Å². The Hall–Kier alpha value is -2.86. The molecule has 1 aliphatic heterocycles. The first-order valence-corrected chi connectivity index (χ1v) is 8.67. The first kappa shape index (κ1) is 16.6. The number of rotatable bonds is 3. The van der Waals surface area contributed by atoms with Gasteiger partial charge >= 0.3 is 5.97 Å². The highest BCUT2D eigenvalue weighted by Crippen LogP contribution is 2.28. The molecule has 1 aromatic heterocycles. The number of aromatic amines is 1. The molecule has 4 rings (SSSR count). The summed E-state index contributed by atoms with van der Waals surface area (Å²) in [5.74, 6) is 0.435. The Balaban J connectivity index is 1.71. The Bertz CT molecular complexity index is 958. The first-order valence-electron chi connectivity index (χ1n) is 8.67. The highest BCUT2D eigenvalue weighted by Gasteiger charge is 2.16. The van der Waals surface area contributed by atoms with Crippen LogP contribution in [0.2, 0.25) is 0 Å². The maximum Gasteiger partial charge on any atom is 0.337 e. The van der Waals surface area contributed by atoms with Crippen LogP contribution in [-0.4, -0.2) is 49.4 Å². The number of esters is 1. The number of nitrogens with one attached hydrogen (secondary N) is 1. The fraction of sp³-hybridized carbons (Fsp3) is 0.300. The molecular formula is C20H21N3O3. The van der Waals surface area contributed by atoms with Crippen LogP contribution in [0.4, 0.5) is 5.69 Å². The number of hydrogen-bond acceptors (Lipinski definition) is 5. The van der Waals surface area contributed by atoms with Gasteiger partial charge in [-0.3, -0.25) is 0 Å². The molecule has 1 fully saturated rings. The van der Waals surface area contributed by atoms with Crippen LogP contribution in [0.15, 0.2) is 36.4 Å². The van der Waals surface area contributed by atoms with E-state index in [1.807, 2.05) is 6.07 Å². The van der Waals surface area contributed by atoms with Gasteiger partial charge < -0.3 is 19.4 Å². The molecular weight excluding hydrogens is 330 g/mol. The smallest absolute Gasteiger partial charge is 0.337 e. The van der Waals surface area contributed by atoms with Crippen molar-refractivity contribution < 1.29 is 14.3 Å². The van der Waals surface area contributed by atoms with Crippen LogP contribution in [0.3, 0.4) is 0 Å². The molecule has 1 aliphatic rings. The average molecular weight is 351 g/mol. The second kappa shape index (κ2) is 6.80. The normalized spacial score (nSPS) is 14.6. The summed E-state index contributed by atoms with van der Waals surface area (Å²) >= 11 is 0. The Labute approximate surface area is 151 Å². The van der Waals surface area contributed by atoms with Crippen molar-refractivity contribution in [3.63, 3.8) is 0 Å². The standard InChI is InChI=1S/C20H21N3O3/c1-13-3-4-14(12-18(13)23-7-9-26-10-8-23)19-21-16-6-5-15(20(24)25-2)11-17(16)22-19/h3-6,11-12H,7-10H2,1-2H3,(H,21,22). The van der Waals surface area contributed by atoms with Crippen LogP contribution in [0.1, 0.15) is 15.9 Å². The fourth-order valence-corrected chi connectivity index (χ4v) is 3.29. The highest BCUT2D eigenvalue weighted by molar-refractivity contribution is 5.94. The summed E-state index contributed by atoms with van der Waals surface area (Å²) < 4.78 is 10.2. The maximum absolute atomic E-state index is 11.7. The number of morpholine rings is 1. The number of carbonyl (C=O) groups excluding carboxylic acids is 1. The van der Waals surface area contributed by atoms with E-state index < -0.39 is 0 Å². The zero-order valence-electron chi connectivity index (χ0n) is 14.9. The molecule has 2 aromatic carbocycles. The first-order chi connectivity index (χ1) is 12.7. The van der Waals surface area contributed by atoms with Gasteiger partial charge in [0, 0.05) is 24.3 Å². The van der Waals surface area contributed by atoms with Gasteiger partial charge in [-0.05, 0) is 36.8 Å². The molecule has 1 saturated heterocycles. The minimum atomic E-state index is -0.354. The minimum absolute atomic E-state index is 0.354. The molecule has 0 saturated carbocycles. The van der Waals surface area contributed by atoms with Gasteiger partial charge in [0.15, 0.2) is 0 Å². The Morgan fingerprint density at radius 2 is 2.00 bits per heavy atom. The molecule has 1 N–H and O–H groups in total. The van der Waals surface area contributed by atoms with Crippen LogP contribution < -0.4 is 4.90 Å². The number of fused-ring (bicyclic) bond motifs is 1. The Morgan fingerprint density at radius 1 is 1.19 bits per heavy atom. The van der Waals surface area contributed by atoms with Crippen molar-refractivity contribution in [1.82, 2.24) is 9.97 Å². The van der Waals surface area contributed by atoms with Gasteiger partial charge in [-0.25, -0.2) is 9.78 Å². The number of ether oxygens (including phenoxy) is 2. The second-order valence-corrected chi connectivity index (χ2v) is 6.41. The van der Waals surface area contributed by atoms with E-state index in [-0.39, 0.29) is 5.97 Å². The number of benzene rings is 2. The second-order valence-electron chi connectivity index (χ2n) is 6.41. The molecule has 26 heavy (non-hydrogen) atoms. The Morgan fingerprint density at radius 3 is 2.77 bits per heavy atom. The van der Waals surface area contributed by atoms with Gasteiger partial charge in [0.05, 0.1) is 36.9 Å². The zero-order valence-corrected chi connectivity index (χ0v) is 14.9. The predicted molar refractivity (Wildman–Crippen MR) is 101 cm³/mol. The summed E-state index contributed by atoms with van der Waals surface area (Å²) in [7, 11) is 1.38. The lowest BCUT2D eigenvalue weighted by Crippen LogP contribution is -2.36. The number of H-pyrrole nitrogens is 1. The van der Waals surface area contributed by atoms with Crippen molar-refractivity contribution >= 4 is 22.7 Å². The number of anilines is 1. The number of aromatic nitrogens is 2. The third kappa shape index (κ3) is 3.04. The monoisotopic (exact) mass is 351 g/mol. The van der Waals surface area contributed by atoms with Crippen LogP contribution in [0, 0.1) is 6.92 Å². The van der Waals surface area contributed by atoms with Gasteiger partial charge in [-0.2, -0.15) is 0 Å². The van der Waals surface area contributed by atoms with E-state index in [9.17, 15) is 4.79 Å². The Kier molecular flexibility index (Phi) is 4.34. The van der Waals surface area contributed by atoms with Gasteiger partial charge in [-0.15, -0.1) is 0 Å². The lowest BCUT2D eigenvalue weighted by Gasteiger charge is -2.30. The quantitative estimate of drug-likeness (QED) is 0.734. The summed E-state index contributed by atoms with van der Waals surface area (Å²) in [4.78, 5) is 22.1. The van der Waals surface area contributed by atoms with E-state index in [1.54, 1.807) is 12.1 Å². The topological polar surface area (TPSA) is 67.4 Å². The van der Waals surface area contributed by atoms with Crippen LogP contribution in [-0.2, 0) is 9.47 Å². The van der Waals surface area contributed by atoms with E-state index in [0.29, 0.717) is 5.56 Å². The van der Waals surface area contributed by atoms with E-state index >= 15 is 0 Å². The van der Waals surface area contributed by atoms with Crippen LogP contribution in [0.25, 0.3) is 22.4 Å². The predicted octanol–water partition coefficient (Wildman–Crippen LogP) is 3.16. The number of methoxy groups -OCH3 is 1. The minimum Gasteiger partial charge on any atom is -0.465 e. The van der Waals surface area contributed by atoms with E-state index in [0.717, 1.165) is 48.7 Å². The molecule has 6 nitrogen and oxygen atoms in total. The van der Waals surface area contributed by atoms with Crippen molar-refractivity contribution in [3.05, 3.63) is 47.5 Å². The number of aryl methyl sites for hydroxylation is 1. The molecule has 0 unspecified atom stereocenters. The molecule has 0 bridgehead atoms. The average Bonchev–Trinajstić information content (AvgIpc) is 3.11. The molecule has 134 valence electrons. The molecule has 0 radical (unpaired) electrons. The molecule has 2 heterocycles. The van der Waals surface area contributed by atoms with Crippen molar-refractivity contribution in [3.8, 4) is 11.4 Å². The van der Waals surface area contributed by atoms with Crippen molar-refractivity contribution in [2.45, 2.75) is 6.92 Å². The van der Waals surface area contributed by atoms with Gasteiger partial charge in [-0.1, -0.05) is 12.1 Å². The van der Waals surface area contributed by atoms with E-state index in [1.165, 1.54) is 18.4 Å². The fourth-order valence-electron chi connectivity index (χ4n) is 3.29. The van der Waals surface area contributed by atoms with Crippen molar-refractivity contribution in [1.29, 1.82) is 0 Å². The molecule has 0 aliphatic carbocycles. The molecule has 0 amide bonds. The molecule has 3 aromatic rings. The highest BCUT2D eigenvalue weighted by atomic mass is 16.5. The third-order valence-corrected chi connectivity index (χ3v) is 4.74. The lowest BCUT2D eigenvalue weighted by atomic mass is 10.1.